The highest BCUT2D eigenvalue weighted by Gasteiger charge is 2.26. The molecule has 2 amide bonds. The minimum absolute atomic E-state index is 0.00477. The Morgan fingerprint density at radius 3 is 2.26 bits per heavy atom. The molecule has 0 aliphatic carbocycles. The van der Waals surface area contributed by atoms with Crippen molar-refractivity contribution >= 4 is 27.7 Å². The molecule has 0 spiro atoms. The van der Waals surface area contributed by atoms with Gasteiger partial charge in [0.2, 0.25) is 5.91 Å². The molecule has 2 rings (SSSR count). The van der Waals surface area contributed by atoms with Gasteiger partial charge in [-0.15, -0.1) is 0 Å². The second-order valence-corrected chi connectivity index (χ2v) is 7.50. The molecule has 0 heterocycles. The van der Waals surface area contributed by atoms with Gasteiger partial charge in [-0.1, -0.05) is 46.3 Å². The molecule has 5 nitrogen and oxygen atoms in total. The molecule has 0 bridgehead atoms. The summed E-state index contributed by atoms with van der Waals surface area (Å²) >= 11 is 3.41. The maximum atomic E-state index is 12.8. The Morgan fingerprint density at radius 1 is 1.04 bits per heavy atom. The number of hydrogen-bond donors (Lipinski definition) is 1. The third kappa shape index (κ3) is 6.71. The minimum atomic E-state index is -0.608. The molecule has 0 radical (unpaired) electrons. The van der Waals surface area contributed by atoms with E-state index in [0.717, 1.165) is 10.0 Å². The van der Waals surface area contributed by atoms with Crippen LogP contribution in [0.2, 0.25) is 0 Å². The first-order valence-corrected chi connectivity index (χ1v) is 9.68. The topological polar surface area (TPSA) is 58.6 Å². The van der Waals surface area contributed by atoms with Crippen LogP contribution < -0.4 is 10.1 Å². The second kappa shape index (κ2) is 10.1. The third-order valence-electron chi connectivity index (χ3n) is 3.97. The van der Waals surface area contributed by atoms with Gasteiger partial charge in [-0.05, 0) is 50.6 Å². The summed E-state index contributed by atoms with van der Waals surface area (Å²) in [6.07, 6.45) is 0. The molecule has 0 saturated carbocycles. The summed E-state index contributed by atoms with van der Waals surface area (Å²) in [5, 5.41) is 2.87. The fourth-order valence-corrected chi connectivity index (χ4v) is 2.78. The zero-order chi connectivity index (χ0) is 19.8. The van der Waals surface area contributed by atoms with Gasteiger partial charge in [-0.2, -0.15) is 0 Å². The van der Waals surface area contributed by atoms with Gasteiger partial charge >= 0.3 is 0 Å². The number of nitrogens with one attached hydrogen (secondary N) is 1. The molecule has 0 aromatic heterocycles. The van der Waals surface area contributed by atoms with E-state index in [0.29, 0.717) is 12.3 Å². The molecule has 0 aliphatic rings. The Balaban J connectivity index is 2.12. The summed E-state index contributed by atoms with van der Waals surface area (Å²) in [5.74, 6) is 0.192. The lowest BCUT2D eigenvalue weighted by Crippen LogP contribution is -2.50. The summed E-state index contributed by atoms with van der Waals surface area (Å²) in [6.45, 7) is 5.72. The van der Waals surface area contributed by atoms with E-state index in [2.05, 4.69) is 21.2 Å². The number of benzene rings is 2. The van der Waals surface area contributed by atoms with Crippen molar-refractivity contribution in [1.82, 2.24) is 10.2 Å². The Kier molecular flexibility index (Phi) is 7.85. The van der Waals surface area contributed by atoms with Crippen molar-refractivity contribution in [2.75, 3.05) is 6.61 Å². The molecule has 6 heteroatoms. The zero-order valence-electron chi connectivity index (χ0n) is 15.8. The zero-order valence-corrected chi connectivity index (χ0v) is 17.4. The molecule has 1 atom stereocenters. The predicted molar refractivity (Wildman–Crippen MR) is 109 cm³/mol. The lowest BCUT2D eigenvalue weighted by molar-refractivity contribution is -0.142. The molecule has 2 aromatic rings. The van der Waals surface area contributed by atoms with Crippen LogP contribution >= 0.6 is 15.9 Å². The monoisotopic (exact) mass is 432 g/mol. The van der Waals surface area contributed by atoms with Gasteiger partial charge in [-0.3, -0.25) is 9.59 Å². The first kappa shape index (κ1) is 21.0. The fraction of sp³-hybridized carbons (Fsp3) is 0.333. The Hall–Kier alpha value is -2.34. The van der Waals surface area contributed by atoms with E-state index >= 15 is 0 Å². The number of nitrogens with zero attached hydrogens (tertiary/aromatic N) is 1. The summed E-state index contributed by atoms with van der Waals surface area (Å²) in [7, 11) is 0. The number of para-hydroxylation sites is 1. The maximum absolute atomic E-state index is 12.8. The lowest BCUT2D eigenvalue weighted by atomic mass is 10.1. The number of rotatable bonds is 8. The van der Waals surface area contributed by atoms with Gasteiger partial charge in [0, 0.05) is 17.1 Å². The van der Waals surface area contributed by atoms with Crippen LogP contribution in [0.4, 0.5) is 0 Å². The van der Waals surface area contributed by atoms with Crippen molar-refractivity contribution in [2.24, 2.45) is 0 Å². The highest BCUT2D eigenvalue weighted by molar-refractivity contribution is 9.10. The van der Waals surface area contributed by atoms with Crippen molar-refractivity contribution in [3.8, 4) is 5.75 Å². The molecule has 0 saturated heterocycles. The molecule has 27 heavy (non-hydrogen) atoms. The summed E-state index contributed by atoms with van der Waals surface area (Å²) in [5.41, 5.74) is 0.940. The van der Waals surface area contributed by atoms with Gasteiger partial charge in [0.25, 0.3) is 5.91 Å². The molecule has 0 fully saturated rings. The van der Waals surface area contributed by atoms with Crippen LogP contribution in [0.3, 0.4) is 0 Å². The Bertz CT molecular complexity index is 748. The van der Waals surface area contributed by atoms with E-state index in [4.69, 9.17) is 4.74 Å². The number of ether oxygens (including phenoxy) is 1. The Labute approximate surface area is 168 Å². The van der Waals surface area contributed by atoms with E-state index in [9.17, 15) is 9.59 Å². The first-order valence-electron chi connectivity index (χ1n) is 8.89. The van der Waals surface area contributed by atoms with Crippen LogP contribution in [0.15, 0.2) is 59.1 Å². The number of amides is 2. The molecule has 2 aromatic carbocycles. The van der Waals surface area contributed by atoms with Crippen LogP contribution in [0.5, 0.6) is 5.75 Å². The second-order valence-electron chi connectivity index (χ2n) is 6.59. The number of halogens is 1. The van der Waals surface area contributed by atoms with Gasteiger partial charge in [0.05, 0.1) is 0 Å². The van der Waals surface area contributed by atoms with E-state index in [1.54, 1.807) is 24.0 Å². The normalized spacial score (nSPS) is 11.7. The molecule has 144 valence electrons. The average Bonchev–Trinajstić information content (AvgIpc) is 2.65. The quantitative estimate of drug-likeness (QED) is 0.690. The van der Waals surface area contributed by atoms with Crippen LogP contribution in [0, 0.1) is 0 Å². The summed E-state index contributed by atoms with van der Waals surface area (Å²) in [4.78, 5) is 26.8. The van der Waals surface area contributed by atoms with Gasteiger partial charge in [0.15, 0.2) is 6.61 Å². The summed E-state index contributed by atoms with van der Waals surface area (Å²) in [6, 6.07) is 16.2. The molecule has 0 unspecified atom stereocenters. The Morgan fingerprint density at radius 2 is 1.67 bits per heavy atom. The van der Waals surface area contributed by atoms with Gasteiger partial charge < -0.3 is 15.0 Å². The van der Waals surface area contributed by atoms with E-state index < -0.39 is 6.04 Å². The van der Waals surface area contributed by atoms with Crippen LogP contribution in [-0.2, 0) is 16.1 Å². The van der Waals surface area contributed by atoms with Crippen molar-refractivity contribution < 1.29 is 14.3 Å². The molecule has 1 N–H and O–H groups in total. The summed E-state index contributed by atoms with van der Waals surface area (Å²) < 4.78 is 6.55. The molecule has 0 aliphatic heterocycles. The standard InChI is InChI=1S/C21H25BrN2O3/c1-15(2)23-21(26)16(3)24(13-17-9-11-18(22)12-10-17)20(25)14-27-19-7-5-4-6-8-19/h4-12,15-16H,13-14H2,1-3H3,(H,23,26)/t16-/m0/s1. The molecular formula is C21H25BrN2O3. The van der Waals surface area contributed by atoms with Crippen LogP contribution in [0.25, 0.3) is 0 Å². The van der Waals surface area contributed by atoms with E-state index in [1.165, 1.54) is 0 Å². The van der Waals surface area contributed by atoms with Gasteiger partial charge in [-0.25, -0.2) is 0 Å². The van der Waals surface area contributed by atoms with Gasteiger partial charge in [0.1, 0.15) is 11.8 Å². The SMILES string of the molecule is CC(C)NC(=O)[C@H](C)N(Cc1ccc(Br)cc1)C(=O)COc1ccccc1. The number of hydrogen-bond acceptors (Lipinski definition) is 3. The number of carbonyl (C=O) groups is 2. The van der Waals surface area contributed by atoms with E-state index in [-0.39, 0.29) is 24.5 Å². The van der Waals surface area contributed by atoms with Crippen molar-refractivity contribution in [3.63, 3.8) is 0 Å². The predicted octanol–water partition coefficient (Wildman–Crippen LogP) is 3.77. The van der Waals surface area contributed by atoms with Crippen molar-refractivity contribution in [2.45, 2.75) is 39.4 Å². The van der Waals surface area contributed by atoms with Crippen LogP contribution in [-0.4, -0.2) is 35.4 Å². The highest BCUT2D eigenvalue weighted by Crippen LogP contribution is 2.15. The smallest absolute Gasteiger partial charge is 0.261 e. The lowest BCUT2D eigenvalue weighted by Gasteiger charge is -2.29. The molecular weight excluding hydrogens is 408 g/mol. The maximum Gasteiger partial charge on any atom is 0.261 e. The number of carbonyl (C=O) groups excluding carboxylic acids is 2. The average molecular weight is 433 g/mol. The van der Waals surface area contributed by atoms with Crippen LogP contribution in [0.1, 0.15) is 26.3 Å². The highest BCUT2D eigenvalue weighted by atomic mass is 79.9. The fourth-order valence-electron chi connectivity index (χ4n) is 2.52. The third-order valence-corrected chi connectivity index (χ3v) is 4.50. The van der Waals surface area contributed by atoms with Crippen molar-refractivity contribution in [3.05, 3.63) is 64.6 Å². The minimum Gasteiger partial charge on any atom is -0.484 e. The van der Waals surface area contributed by atoms with Crippen molar-refractivity contribution in [1.29, 1.82) is 0 Å². The van der Waals surface area contributed by atoms with E-state index in [1.807, 2.05) is 56.3 Å². The largest absolute Gasteiger partial charge is 0.484 e. The first-order chi connectivity index (χ1) is 12.9.